The molecule has 0 aliphatic rings. The highest BCUT2D eigenvalue weighted by Gasteiger charge is 2.17. The second-order valence-electron chi connectivity index (χ2n) is 2.27. The zero-order chi connectivity index (χ0) is 9.07. The van der Waals surface area contributed by atoms with E-state index in [1.165, 1.54) is 0 Å². The van der Waals surface area contributed by atoms with E-state index in [-0.39, 0.29) is 6.61 Å². The molecule has 0 aromatic heterocycles. The van der Waals surface area contributed by atoms with E-state index in [1.807, 2.05) is 0 Å². The molecular formula is C5H11NO2S3. The van der Waals surface area contributed by atoms with Crippen molar-refractivity contribution in [1.82, 2.24) is 0 Å². The summed E-state index contributed by atoms with van der Waals surface area (Å²) in [7, 11) is 0. The highest BCUT2D eigenvalue weighted by atomic mass is 32.2. The van der Waals surface area contributed by atoms with Gasteiger partial charge in [0.25, 0.3) is 0 Å². The molecule has 0 amide bonds. The molecule has 0 rings (SSSR count). The summed E-state index contributed by atoms with van der Waals surface area (Å²) in [5.41, 5.74) is 5.11. The molecule has 0 saturated carbocycles. The summed E-state index contributed by atoms with van der Waals surface area (Å²) < 4.78 is 4.05. The second kappa shape index (κ2) is 4.49. The Morgan fingerprint density at radius 1 is 1.73 bits per heavy atom. The number of rotatable bonds is 3. The molecule has 66 valence electrons. The number of thiol groups is 3. The van der Waals surface area contributed by atoms with Crippen LogP contribution < -0.4 is 5.73 Å². The Morgan fingerprint density at radius 3 is 2.45 bits per heavy atom. The van der Waals surface area contributed by atoms with E-state index < -0.39 is 15.4 Å². The van der Waals surface area contributed by atoms with Gasteiger partial charge in [-0.05, 0) is 6.92 Å². The number of carbonyl (C=O) groups is 1. The number of nitrogens with two attached hydrogens (primary N) is 1. The number of hydrogen-bond donors (Lipinski definition) is 4. The van der Waals surface area contributed by atoms with Gasteiger partial charge in [0.1, 0.15) is 12.0 Å². The Morgan fingerprint density at radius 2 is 2.18 bits per heavy atom. The van der Waals surface area contributed by atoms with Crippen molar-refractivity contribution >= 4 is 43.9 Å². The van der Waals surface area contributed by atoms with Crippen molar-refractivity contribution in [3.05, 3.63) is 0 Å². The highest BCUT2D eigenvalue weighted by Crippen LogP contribution is 2.18. The van der Waals surface area contributed by atoms with Gasteiger partial charge in [0.05, 0.1) is 4.08 Å². The first-order valence-electron chi connectivity index (χ1n) is 2.88. The molecule has 0 aromatic carbocycles. The first-order chi connectivity index (χ1) is 4.83. The zero-order valence-corrected chi connectivity index (χ0v) is 8.70. The van der Waals surface area contributed by atoms with Crippen molar-refractivity contribution in [2.75, 3.05) is 6.61 Å². The molecule has 6 heteroatoms. The maximum absolute atomic E-state index is 10.7. The monoisotopic (exact) mass is 213 g/mol. The van der Waals surface area contributed by atoms with Gasteiger partial charge in [0.2, 0.25) is 0 Å². The summed E-state index contributed by atoms with van der Waals surface area (Å²) in [6.07, 6.45) is 0. The first kappa shape index (κ1) is 11.5. The van der Waals surface area contributed by atoms with E-state index in [4.69, 9.17) is 5.73 Å². The Labute approximate surface area is 82.3 Å². The number of carbonyl (C=O) groups excluding carboxylic acids is 1. The van der Waals surface area contributed by atoms with Crippen LogP contribution in [0.2, 0.25) is 0 Å². The molecule has 0 aromatic rings. The second-order valence-corrected chi connectivity index (χ2v) is 5.15. The van der Waals surface area contributed by atoms with Crippen LogP contribution in [0.4, 0.5) is 0 Å². The molecule has 0 saturated heterocycles. The summed E-state index contributed by atoms with van der Waals surface area (Å²) >= 11 is 11.7. The third kappa shape index (κ3) is 6.86. The van der Waals surface area contributed by atoms with Gasteiger partial charge < -0.3 is 10.5 Å². The topological polar surface area (TPSA) is 52.3 Å². The summed E-state index contributed by atoms with van der Waals surface area (Å²) in [5.74, 6) is -0.567. The lowest BCUT2D eigenvalue weighted by atomic mass is 10.5. The normalized spacial score (nSPS) is 14.3. The van der Waals surface area contributed by atoms with Crippen LogP contribution >= 0.6 is 37.9 Å². The summed E-state index contributed by atoms with van der Waals surface area (Å²) in [6.45, 7) is 1.81. The minimum Gasteiger partial charge on any atom is -0.462 e. The van der Waals surface area contributed by atoms with E-state index in [9.17, 15) is 4.79 Å². The van der Waals surface area contributed by atoms with Crippen molar-refractivity contribution in [3.8, 4) is 0 Å². The molecule has 0 bridgehead atoms. The van der Waals surface area contributed by atoms with Crippen LogP contribution in [0.15, 0.2) is 0 Å². The average molecular weight is 213 g/mol. The van der Waals surface area contributed by atoms with Crippen LogP contribution in [0.5, 0.6) is 0 Å². The molecule has 0 fully saturated rings. The predicted octanol–water partition coefficient (Wildman–Crippen LogP) is 0.320. The number of esters is 1. The van der Waals surface area contributed by atoms with Gasteiger partial charge in [-0.15, -0.1) is 12.6 Å². The standard InChI is InChI=1S/C5H11NO2S3/c1-5(10,11)2-8-4(7)3(6)9/h3,9-11H,2,6H2,1H3. The Kier molecular flexibility index (Phi) is 4.69. The maximum Gasteiger partial charge on any atom is 0.333 e. The molecule has 0 heterocycles. The number of ether oxygens (including phenoxy) is 1. The van der Waals surface area contributed by atoms with Gasteiger partial charge in [0, 0.05) is 0 Å². The van der Waals surface area contributed by atoms with Gasteiger partial charge in [-0.3, -0.25) is 0 Å². The predicted molar refractivity (Wildman–Crippen MR) is 54.3 cm³/mol. The van der Waals surface area contributed by atoms with Gasteiger partial charge in [-0.2, -0.15) is 25.3 Å². The third-order valence-electron chi connectivity index (χ3n) is 0.729. The lowest BCUT2D eigenvalue weighted by Crippen LogP contribution is -2.30. The zero-order valence-electron chi connectivity index (χ0n) is 6.02. The Hall–Kier alpha value is 0.480. The summed E-state index contributed by atoms with van der Waals surface area (Å²) in [4.78, 5) is 10.7. The van der Waals surface area contributed by atoms with Crippen LogP contribution in [0.1, 0.15) is 6.92 Å². The smallest absolute Gasteiger partial charge is 0.333 e. The van der Waals surface area contributed by atoms with Crippen LogP contribution in [0, 0.1) is 0 Å². The fourth-order valence-corrected chi connectivity index (χ4v) is 0.497. The van der Waals surface area contributed by atoms with Gasteiger partial charge >= 0.3 is 5.97 Å². The average Bonchev–Trinajstić information content (AvgIpc) is 1.80. The van der Waals surface area contributed by atoms with E-state index in [1.54, 1.807) is 6.92 Å². The third-order valence-corrected chi connectivity index (χ3v) is 1.20. The SMILES string of the molecule is CC(S)(S)COC(=O)C(N)S. The van der Waals surface area contributed by atoms with Crippen LogP contribution in [0.3, 0.4) is 0 Å². The maximum atomic E-state index is 10.7. The largest absolute Gasteiger partial charge is 0.462 e. The molecule has 3 nitrogen and oxygen atoms in total. The van der Waals surface area contributed by atoms with Crippen LogP contribution in [-0.4, -0.2) is 22.0 Å². The van der Waals surface area contributed by atoms with Gasteiger partial charge in [-0.1, -0.05) is 0 Å². The van der Waals surface area contributed by atoms with Gasteiger partial charge in [0.15, 0.2) is 0 Å². The Bertz CT molecular complexity index is 143. The van der Waals surface area contributed by atoms with Crippen molar-refractivity contribution in [3.63, 3.8) is 0 Å². The van der Waals surface area contributed by atoms with E-state index >= 15 is 0 Å². The Balaban J connectivity index is 3.64. The lowest BCUT2D eigenvalue weighted by Gasteiger charge is -2.16. The van der Waals surface area contributed by atoms with Gasteiger partial charge in [-0.25, -0.2) is 4.79 Å². The van der Waals surface area contributed by atoms with Crippen molar-refractivity contribution in [1.29, 1.82) is 0 Å². The highest BCUT2D eigenvalue weighted by molar-refractivity contribution is 8.00. The first-order valence-corrected chi connectivity index (χ1v) is 4.29. The molecule has 0 radical (unpaired) electrons. The fourth-order valence-electron chi connectivity index (χ4n) is 0.293. The molecule has 1 unspecified atom stereocenters. The summed E-state index contributed by atoms with van der Waals surface area (Å²) in [6, 6.07) is 0. The van der Waals surface area contributed by atoms with Crippen molar-refractivity contribution in [2.24, 2.45) is 5.73 Å². The molecule has 1 atom stereocenters. The lowest BCUT2D eigenvalue weighted by molar-refractivity contribution is -0.142. The van der Waals surface area contributed by atoms with Crippen molar-refractivity contribution < 1.29 is 9.53 Å². The quantitative estimate of drug-likeness (QED) is 0.310. The fraction of sp³-hybridized carbons (Fsp3) is 0.800. The van der Waals surface area contributed by atoms with Crippen molar-refractivity contribution in [2.45, 2.75) is 16.4 Å². The molecule has 0 spiro atoms. The number of hydrogen-bond acceptors (Lipinski definition) is 6. The van der Waals surface area contributed by atoms with Crippen LogP contribution in [-0.2, 0) is 9.53 Å². The van der Waals surface area contributed by atoms with Crippen LogP contribution in [0.25, 0.3) is 0 Å². The molecule has 2 N–H and O–H groups in total. The molecule has 0 aliphatic carbocycles. The van der Waals surface area contributed by atoms with E-state index in [0.29, 0.717) is 0 Å². The van der Waals surface area contributed by atoms with E-state index in [0.717, 1.165) is 0 Å². The minimum atomic E-state index is -0.890. The minimum absolute atomic E-state index is 0.103. The van der Waals surface area contributed by atoms with E-state index in [2.05, 4.69) is 42.6 Å². The summed E-state index contributed by atoms with van der Waals surface area (Å²) in [5, 5.41) is -0.890. The molecule has 0 aliphatic heterocycles. The molecule has 11 heavy (non-hydrogen) atoms. The molecular weight excluding hydrogens is 202 g/mol.